The van der Waals surface area contributed by atoms with Crippen molar-refractivity contribution in [3.8, 4) is 11.5 Å². The van der Waals surface area contributed by atoms with Gasteiger partial charge in [0.15, 0.2) is 5.58 Å². The summed E-state index contributed by atoms with van der Waals surface area (Å²) in [6.45, 7) is 2.02. The molecule has 5 heteroatoms. The molecule has 0 fully saturated rings. The Hall–Kier alpha value is -3.18. The second-order valence-corrected chi connectivity index (χ2v) is 7.36. The van der Waals surface area contributed by atoms with Gasteiger partial charge in [-0.1, -0.05) is 34.1 Å². The maximum absolute atomic E-state index is 12.1. The van der Waals surface area contributed by atoms with Gasteiger partial charge in [-0.2, -0.15) is 0 Å². The van der Waals surface area contributed by atoms with E-state index in [1.807, 2.05) is 73.7 Å². The lowest BCUT2D eigenvalue weighted by molar-refractivity contribution is -0.111. The average molecular weight is 433 g/mol. The Bertz CT molecular complexity index is 1160. The van der Waals surface area contributed by atoms with Gasteiger partial charge in [-0.15, -0.1) is 0 Å². The van der Waals surface area contributed by atoms with Crippen LogP contribution < -0.4 is 5.32 Å². The van der Waals surface area contributed by atoms with Crippen molar-refractivity contribution in [3.63, 3.8) is 0 Å². The first-order chi connectivity index (χ1) is 13.6. The summed E-state index contributed by atoms with van der Waals surface area (Å²) in [4.78, 5) is 16.7. The Morgan fingerprint density at radius 1 is 1.04 bits per heavy atom. The monoisotopic (exact) mass is 432 g/mol. The molecule has 28 heavy (non-hydrogen) atoms. The van der Waals surface area contributed by atoms with Gasteiger partial charge >= 0.3 is 0 Å². The molecule has 1 N–H and O–H groups in total. The van der Waals surface area contributed by atoms with Crippen molar-refractivity contribution in [3.05, 3.63) is 88.4 Å². The summed E-state index contributed by atoms with van der Waals surface area (Å²) in [5.74, 6) is 0.376. The molecule has 1 aromatic heterocycles. The first kappa shape index (κ1) is 18.2. The minimum atomic E-state index is -0.187. The Kier molecular flexibility index (Phi) is 5.08. The highest BCUT2D eigenvalue weighted by Gasteiger charge is 2.08. The van der Waals surface area contributed by atoms with E-state index in [2.05, 4.69) is 26.2 Å². The fourth-order valence-electron chi connectivity index (χ4n) is 2.79. The number of halogens is 1. The number of hydrogen-bond acceptors (Lipinski definition) is 3. The van der Waals surface area contributed by atoms with Crippen molar-refractivity contribution in [2.24, 2.45) is 0 Å². The van der Waals surface area contributed by atoms with Gasteiger partial charge in [0.05, 0.1) is 0 Å². The molecule has 3 aromatic carbocycles. The third kappa shape index (κ3) is 4.21. The molecule has 0 spiro atoms. The molecule has 0 bridgehead atoms. The van der Waals surface area contributed by atoms with Crippen LogP contribution in [0.1, 0.15) is 11.1 Å². The largest absolute Gasteiger partial charge is 0.436 e. The van der Waals surface area contributed by atoms with E-state index in [9.17, 15) is 4.79 Å². The summed E-state index contributed by atoms with van der Waals surface area (Å²) in [6, 6.07) is 21.1. The van der Waals surface area contributed by atoms with Crippen LogP contribution in [0.5, 0.6) is 0 Å². The van der Waals surface area contributed by atoms with Crippen LogP contribution in [0.4, 0.5) is 5.69 Å². The van der Waals surface area contributed by atoms with E-state index in [0.29, 0.717) is 11.6 Å². The van der Waals surface area contributed by atoms with E-state index in [1.54, 1.807) is 6.08 Å². The number of rotatable bonds is 4. The van der Waals surface area contributed by atoms with Gasteiger partial charge in [-0.05, 0) is 72.7 Å². The van der Waals surface area contributed by atoms with Crippen LogP contribution in [0.2, 0.25) is 0 Å². The smallest absolute Gasteiger partial charge is 0.248 e. The summed E-state index contributed by atoms with van der Waals surface area (Å²) in [7, 11) is 0. The molecule has 0 aliphatic heterocycles. The van der Waals surface area contributed by atoms with E-state index in [1.165, 1.54) is 6.08 Å². The van der Waals surface area contributed by atoms with Crippen LogP contribution in [-0.2, 0) is 4.79 Å². The van der Waals surface area contributed by atoms with Gasteiger partial charge in [0.1, 0.15) is 5.52 Å². The van der Waals surface area contributed by atoms with Crippen molar-refractivity contribution in [2.45, 2.75) is 6.92 Å². The summed E-state index contributed by atoms with van der Waals surface area (Å²) in [5.41, 5.74) is 5.27. The Morgan fingerprint density at radius 3 is 2.54 bits per heavy atom. The number of aryl methyl sites for hydroxylation is 1. The van der Waals surface area contributed by atoms with Gasteiger partial charge in [-0.3, -0.25) is 4.79 Å². The Balaban J connectivity index is 1.45. The number of anilines is 1. The number of nitrogens with one attached hydrogen (secondary N) is 1. The molecule has 4 rings (SSSR count). The molecule has 0 unspecified atom stereocenters. The predicted octanol–water partition coefficient (Wildman–Crippen LogP) is 6.22. The van der Waals surface area contributed by atoms with Gasteiger partial charge in [0.25, 0.3) is 0 Å². The molecule has 1 amide bonds. The number of aromatic nitrogens is 1. The maximum atomic E-state index is 12.1. The lowest BCUT2D eigenvalue weighted by Gasteiger charge is -2.03. The molecule has 0 saturated heterocycles. The highest BCUT2D eigenvalue weighted by atomic mass is 79.9. The summed E-state index contributed by atoms with van der Waals surface area (Å²) in [6.07, 6.45) is 3.29. The van der Waals surface area contributed by atoms with E-state index in [4.69, 9.17) is 4.42 Å². The van der Waals surface area contributed by atoms with Crippen LogP contribution in [-0.4, -0.2) is 10.9 Å². The number of carbonyl (C=O) groups is 1. The van der Waals surface area contributed by atoms with Gasteiger partial charge < -0.3 is 9.73 Å². The molecular formula is C23H17BrN2O2. The molecule has 0 radical (unpaired) electrons. The number of amides is 1. The van der Waals surface area contributed by atoms with E-state index in [0.717, 1.165) is 32.3 Å². The molecule has 4 nitrogen and oxygen atoms in total. The lowest BCUT2D eigenvalue weighted by Crippen LogP contribution is -2.07. The molecule has 0 saturated carbocycles. The zero-order valence-electron chi connectivity index (χ0n) is 15.1. The van der Waals surface area contributed by atoms with Crippen LogP contribution in [0.3, 0.4) is 0 Å². The number of carbonyl (C=O) groups excluding carboxylic acids is 1. The quantitative estimate of drug-likeness (QED) is 0.389. The minimum absolute atomic E-state index is 0.187. The molecule has 0 aliphatic rings. The first-order valence-corrected chi connectivity index (χ1v) is 9.58. The van der Waals surface area contributed by atoms with Crippen LogP contribution in [0, 0.1) is 6.92 Å². The van der Waals surface area contributed by atoms with Gasteiger partial charge in [-0.25, -0.2) is 4.98 Å². The zero-order valence-corrected chi connectivity index (χ0v) is 16.7. The normalized spacial score (nSPS) is 11.2. The zero-order chi connectivity index (χ0) is 19.5. The van der Waals surface area contributed by atoms with E-state index >= 15 is 0 Å². The highest BCUT2D eigenvalue weighted by molar-refractivity contribution is 9.10. The summed E-state index contributed by atoms with van der Waals surface area (Å²) < 4.78 is 6.82. The molecule has 0 atom stereocenters. The molecule has 1 heterocycles. The van der Waals surface area contributed by atoms with Crippen molar-refractivity contribution in [1.82, 2.24) is 4.98 Å². The number of nitrogens with zero attached hydrogens (tertiary/aromatic N) is 1. The fraction of sp³-hybridized carbons (Fsp3) is 0.0435. The minimum Gasteiger partial charge on any atom is -0.436 e. The molecular weight excluding hydrogens is 416 g/mol. The van der Waals surface area contributed by atoms with Crippen molar-refractivity contribution in [1.29, 1.82) is 0 Å². The summed E-state index contributed by atoms with van der Waals surface area (Å²) in [5, 5.41) is 2.85. The molecule has 4 aromatic rings. The fourth-order valence-corrected chi connectivity index (χ4v) is 3.05. The highest BCUT2D eigenvalue weighted by Crippen LogP contribution is 2.26. The summed E-state index contributed by atoms with van der Waals surface area (Å²) >= 11 is 3.39. The van der Waals surface area contributed by atoms with E-state index < -0.39 is 0 Å². The number of benzene rings is 3. The maximum Gasteiger partial charge on any atom is 0.248 e. The van der Waals surface area contributed by atoms with Crippen molar-refractivity contribution >= 4 is 44.7 Å². The third-order valence-electron chi connectivity index (χ3n) is 4.24. The van der Waals surface area contributed by atoms with Crippen molar-refractivity contribution in [2.75, 3.05) is 5.32 Å². The Labute approximate surface area is 171 Å². The molecule has 0 aliphatic carbocycles. The second-order valence-electron chi connectivity index (χ2n) is 6.44. The first-order valence-electron chi connectivity index (χ1n) is 8.79. The van der Waals surface area contributed by atoms with Crippen LogP contribution in [0.25, 0.3) is 28.6 Å². The number of oxazole rings is 1. The number of hydrogen-bond donors (Lipinski definition) is 1. The van der Waals surface area contributed by atoms with Gasteiger partial charge in [0.2, 0.25) is 11.8 Å². The average Bonchev–Trinajstić information content (AvgIpc) is 3.11. The SMILES string of the molecule is Cc1ccc2oc(-c3ccc(NC(=O)/C=C/c4ccc(Br)cc4)cc3)nc2c1. The van der Waals surface area contributed by atoms with E-state index in [-0.39, 0.29) is 5.91 Å². The lowest BCUT2D eigenvalue weighted by atomic mass is 10.2. The second kappa shape index (κ2) is 7.82. The molecule has 138 valence electrons. The standard InChI is InChI=1S/C23H17BrN2O2/c1-15-2-12-21-20(14-15)26-23(28-21)17-6-10-19(11-7-17)25-22(27)13-5-16-3-8-18(24)9-4-16/h2-14H,1H3,(H,25,27)/b13-5+. The number of fused-ring (bicyclic) bond motifs is 1. The van der Waals surface area contributed by atoms with Gasteiger partial charge in [0, 0.05) is 21.8 Å². The third-order valence-corrected chi connectivity index (χ3v) is 4.77. The topological polar surface area (TPSA) is 55.1 Å². The predicted molar refractivity (Wildman–Crippen MR) is 116 cm³/mol. The van der Waals surface area contributed by atoms with Crippen molar-refractivity contribution < 1.29 is 9.21 Å². The van der Waals surface area contributed by atoms with Crippen LogP contribution in [0.15, 0.2) is 81.7 Å². The Morgan fingerprint density at radius 2 is 1.79 bits per heavy atom. The van der Waals surface area contributed by atoms with Crippen LogP contribution >= 0.6 is 15.9 Å².